The Morgan fingerprint density at radius 1 is 0.735 bits per heavy atom. The molecule has 0 aromatic carbocycles. The lowest BCUT2D eigenvalue weighted by molar-refractivity contribution is -0.147. The molecule has 0 aliphatic rings. The minimum Gasteiger partial charge on any atom is -0.481 e. The van der Waals surface area contributed by atoms with Crippen molar-refractivity contribution in [2.45, 2.75) is 90.4 Å². The number of unbranched alkanes of at least 4 members (excludes halogenated alkanes) is 1. The first-order chi connectivity index (χ1) is 15.8. The van der Waals surface area contributed by atoms with E-state index in [1.807, 2.05) is 27.7 Å². The number of hydrogen-bond acceptors (Lipinski definition) is 7. The van der Waals surface area contributed by atoms with Crippen LogP contribution < -0.4 is 27.4 Å². The second-order valence-corrected chi connectivity index (χ2v) is 9.27. The highest BCUT2D eigenvalue weighted by atomic mass is 16.4. The first-order valence-corrected chi connectivity index (χ1v) is 11.6. The summed E-state index contributed by atoms with van der Waals surface area (Å²) in [5, 5.41) is 25.5. The van der Waals surface area contributed by atoms with Crippen molar-refractivity contribution < 1.29 is 34.2 Å². The van der Waals surface area contributed by atoms with Gasteiger partial charge in [-0.2, -0.15) is 0 Å². The van der Waals surface area contributed by atoms with Crippen molar-refractivity contribution >= 4 is 29.7 Å². The standard InChI is InChI=1S/C22H41N5O7/c1-12(2)9-14(24)19(30)26-16(10-13(3)4)21(32)25-15(7-5-6-8-23)20(31)27-17(22(33)34)11-18(28)29/h12-17H,5-11,23-24H2,1-4H3,(H,25,32)(H,26,30)(H,27,31)(H,28,29)(H,33,34). The molecule has 0 aliphatic carbocycles. The molecule has 196 valence electrons. The molecule has 0 aromatic rings. The van der Waals surface area contributed by atoms with Crippen molar-refractivity contribution in [3.63, 3.8) is 0 Å². The van der Waals surface area contributed by atoms with E-state index in [4.69, 9.17) is 16.6 Å². The Labute approximate surface area is 200 Å². The molecule has 4 atom stereocenters. The van der Waals surface area contributed by atoms with Crippen LogP contribution in [-0.4, -0.2) is 70.6 Å². The maximum absolute atomic E-state index is 13.0. The lowest BCUT2D eigenvalue weighted by atomic mass is 10.00. The largest absolute Gasteiger partial charge is 0.481 e. The van der Waals surface area contributed by atoms with Crippen molar-refractivity contribution in [2.75, 3.05) is 6.54 Å². The van der Waals surface area contributed by atoms with Gasteiger partial charge in [0.2, 0.25) is 17.7 Å². The van der Waals surface area contributed by atoms with E-state index in [0.717, 1.165) is 0 Å². The third kappa shape index (κ3) is 13.1. The number of carbonyl (C=O) groups is 5. The zero-order valence-electron chi connectivity index (χ0n) is 20.5. The van der Waals surface area contributed by atoms with Crippen molar-refractivity contribution in [1.82, 2.24) is 16.0 Å². The van der Waals surface area contributed by atoms with Gasteiger partial charge in [0.25, 0.3) is 0 Å². The molecule has 3 amide bonds. The third-order valence-corrected chi connectivity index (χ3v) is 4.98. The van der Waals surface area contributed by atoms with Crippen LogP contribution in [-0.2, 0) is 24.0 Å². The highest BCUT2D eigenvalue weighted by Crippen LogP contribution is 2.10. The van der Waals surface area contributed by atoms with E-state index in [1.165, 1.54) is 0 Å². The first-order valence-electron chi connectivity index (χ1n) is 11.6. The van der Waals surface area contributed by atoms with E-state index in [0.29, 0.717) is 32.2 Å². The molecule has 0 spiro atoms. The van der Waals surface area contributed by atoms with Gasteiger partial charge < -0.3 is 37.6 Å². The summed E-state index contributed by atoms with van der Waals surface area (Å²) >= 11 is 0. The maximum atomic E-state index is 13.0. The fourth-order valence-corrected chi connectivity index (χ4v) is 3.28. The van der Waals surface area contributed by atoms with Crippen LogP contribution in [0.5, 0.6) is 0 Å². The summed E-state index contributed by atoms with van der Waals surface area (Å²) < 4.78 is 0. The number of aliphatic carboxylic acids is 2. The summed E-state index contributed by atoms with van der Waals surface area (Å²) in [4.78, 5) is 60.5. The van der Waals surface area contributed by atoms with Crippen LogP contribution in [0.15, 0.2) is 0 Å². The SMILES string of the molecule is CC(C)CC(N)C(=O)NC(CC(C)C)C(=O)NC(CCCCN)C(=O)NC(CC(=O)O)C(=O)O. The van der Waals surface area contributed by atoms with Gasteiger partial charge in [0, 0.05) is 0 Å². The van der Waals surface area contributed by atoms with Gasteiger partial charge in [-0.25, -0.2) is 4.79 Å². The molecule has 34 heavy (non-hydrogen) atoms. The van der Waals surface area contributed by atoms with Gasteiger partial charge in [-0.1, -0.05) is 27.7 Å². The molecule has 12 heteroatoms. The van der Waals surface area contributed by atoms with Crippen molar-refractivity contribution in [3.05, 3.63) is 0 Å². The monoisotopic (exact) mass is 487 g/mol. The second-order valence-electron chi connectivity index (χ2n) is 9.27. The topological polar surface area (TPSA) is 214 Å². The zero-order chi connectivity index (χ0) is 26.4. The Kier molecular flexibility index (Phi) is 14.7. The fraction of sp³-hybridized carbons (Fsp3) is 0.773. The molecular formula is C22H41N5O7. The van der Waals surface area contributed by atoms with Crippen LogP contribution in [0.25, 0.3) is 0 Å². The number of rotatable bonds is 17. The average molecular weight is 488 g/mol. The smallest absolute Gasteiger partial charge is 0.326 e. The molecule has 9 N–H and O–H groups in total. The van der Waals surface area contributed by atoms with Crippen LogP contribution in [0, 0.1) is 11.8 Å². The van der Waals surface area contributed by atoms with Crippen LogP contribution in [0.2, 0.25) is 0 Å². The van der Waals surface area contributed by atoms with Gasteiger partial charge in [0.1, 0.15) is 18.1 Å². The van der Waals surface area contributed by atoms with E-state index < -0.39 is 60.2 Å². The summed E-state index contributed by atoms with van der Waals surface area (Å²) in [5.41, 5.74) is 11.4. The molecular weight excluding hydrogens is 446 g/mol. The predicted molar refractivity (Wildman–Crippen MR) is 125 cm³/mol. The third-order valence-electron chi connectivity index (χ3n) is 4.98. The van der Waals surface area contributed by atoms with E-state index in [9.17, 15) is 29.1 Å². The van der Waals surface area contributed by atoms with E-state index >= 15 is 0 Å². The summed E-state index contributed by atoms with van der Waals surface area (Å²) in [6.07, 6.45) is 1.10. The fourth-order valence-electron chi connectivity index (χ4n) is 3.28. The number of carboxylic acid groups (broad SMARTS) is 2. The highest BCUT2D eigenvalue weighted by molar-refractivity contribution is 5.94. The molecule has 0 aromatic heterocycles. The minimum absolute atomic E-state index is 0.0360. The maximum Gasteiger partial charge on any atom is 0.326 e. The Morgan fingerprint density at radius 2 is 1.24 bits per heavy atom. The normalized spacial score (nSPS) is 14.7. The molecule has 0 aliphatic heterocycles. The van der Waals surface area contributed by atoms with Crippen LogP contribution in [0.4, 0.5) is 0 Å². The molecule has 0 saturated carbocycles. The van der Waals surface area contributed by atoms with E-state index in [1.54, 1.807) is 0 Å². The van der Waals surface area contributed by atoms with Gasteiger partial charge in [-0.3, -0.25) is 19.2 Å². The highest BCUT2D eigenvalue weighted by Gasteiger charge is 2.31. The molecule has 0 bridgehead atoms. The number of hydrogen-bond donors (Lipinski definition) is 7. The Hall–Kier alpha value is -2.73. The molecule has 0 rings (SSSR count). The lowest BCUT2D eigenvalue weighted by Crippen LogP contribution is -2.57. The number of amides is 3. The minimum atomic E-state index is -1.65. The second kappa shape index (κ2) is 16.0. The quantitative estimate of drug-likeness (QED) is 0.132. The summed E-state index contributed by atoms with van der Waals surface area (Å²) in [6, 6.07) is -4.53. The summed E-state index contributed by atoms with van der Waals surface area (Å²) in [7, 11) is 0. The first kappa shape index (κ1) is 31.3. The van der Waals surface area contributed by atoms with Gasteiger partial charge in [-0.05, 0) is 50.5 Å². The van der Waals surface area contributed by atoms with Crippen LogP contribution >= 0.6 is 0 Å². The zero-order valence-corrected chi connectivity index (χ0v) is 20.5. The van der Waals surface area contributed by atoms with Crippen molar-refractivity contribution in [2.24, 2.45) is 23.3 Å². The van der Waals surface area contributed by atoms with Crippen LogP contribution in [0.3, 0.4) is 0 Å². The molecule has 0 heterocycles. The van der Waals surface area contributed by atoms with E-state index in [2.05, 4.69) is 16.0 Å². The van der Waals surface area contributed by atoms with Gasteiger partial charge in [0.05, 0.1) is 12.5 Å². The number of nitrogens with one attached hydrogen (secondary N) is 3. The van der Waals surface area contributed by atoms with Crippen LogP contribution in [0.1, 0.15) is 66.2 Å². The molecule has 0 radical (unpaired) electrons. The van der Waals surface area contributed by atoms with Crippen molar-refractivity contribution in [1.29, 1.82) is 0 Å². The van der Waals surface area contributed by atoms with Gasteiger partial charge >= 0.3 is 11.9 Å². The van der Waals surface area contributed by atoms with Gasteiger partial charge in [0.15, 0.2) is 0 Å². The molecule has 4 unspecified atom stereocenters. The summed E-state index contributed by atoms with van der Waals surface area (Å²) in [6.45, 7) is 7.94. The number of carbonyl (C=O) groups excluding carboxylic acids is 3. The number of nitrogens with two attached hydrogens (primary N) is 2. The Bertz CT molecular complexity index is 699. The number of carboxylic acids is 2. The predicted octanol–water partition coefficient (Wildman–Crippen LogP) is -0.451. The lowest BCUT2D eigenvalue weighted by Gasteiger charge is -2.26. The average Bonchev–Trinajstić information content (AvgIpc) is 2.70. The summed E-state index contributed by atoms with van der Waals surface area (Å²) in [5.74, 6) is -4.61. The molecule has 0 saturated heterocycles. The van der Waals surface area contributed by atoms with Gasteiger partial charge in [-0.15, -0.1) is 0 Å². The Balaban J connectivity index is 5.53. The molecule has 0 fully saturated rings. The Morgan fingerprint density at radius 3 is 1.71 bits per heavy atom. The van der Waals surface area contributed by atoms with Crippen molar-refractivity contribution in [3.8, 4) is 0 Å². The molecule has 12 nitrogen and oxygen atoms in total. The van der Waals surface area contributed by atoms with E-state index in [-0.39, 0.29) is 18.3 Å².